The number of carboxylic acid groups (broad SMARTS) is 2. The average molecular weight is 452 g/mol. The summed E-state index contributed by atoms with van der Waals surface area (Å²) in [6, 6.07) is 0. The Labute approximate surface area is 181 Å². The fraction of sp³-hybridized carbons (Fsp3) is 0.900. The normalized spacial score (nSPS) is 42.5. The Morgan fingerprint density at radius 3 is 1.74 bits per heavy atom. The molecule has 3 unspecified atom stereocenters. The average Bonchev–Trinajstić information content (AvgIpc) is 2.64. The van der Waals surface area contributed by atoms with Gasteiger partial charge in [0, 0.05) is 14.0 Å². The van der Waals surface area contributed by atoms with Crippen LogP contribution in [0, 0.1) is 0 Å². The summed E-state index contributed by atoms with van der Waals surface area (Å²) in [5, 5.41) is 52.5. The Morgan fingerprint density at radius 2 is 1.39 bits per heavy atom. The number of carbonyl (C=O) groups is 2. The van der Waals surface area contributed by atoms with E-state index in [0.717, 1.165) is 21.0 Å². The monoisotopic (exact) mass is 452 g/mol. The summed E-state index contributed by atoms with van der Waals surface area (Å²) in [6.45, 7) is 9.57. The Hall–Kier alpha value is -1.34. The van der Waals surface area contributed by atoms with Crippen LogP contribution in [0.1, 0.15) is 61.8 Å². The summed E-state index contributed by atoms with van der Waals surface area (Å²) >= 11 is 0. The second-order valence-electron chi connectivity index (χ2n) is 9.23. The van der Waals surface area contributed by atoms with Crippen molar-refractivity contribution in [2.75, 3.05) is 13.7 Å². The van der Waals surface area contributed by atoms with Gasteiger partial charge in [-0.3, -0.25) is 0 Å². The number of aliphatic hydroxyl groups is 3. The van der Waals surface area contributed by atoms with Gasteiger partial charge >= 0.3 is 11.9 Å². The molecule has 1 rings (SSSR count). The molecule has 1 aliphatic rings. The van der Waals surface area contributed by atoms with E-state index in [0.29, 0.717) is 0 Å². The van der Waals surface area contributed by atoms with E-state index >= 15 is 0 Å². The zero-order valence-electron chi connectivity index (χ0n) is 19.6. The zero-order chi connectivity index (χ0) is 24.9. The van der Waals surface area contributed by atoms with Crippen molar-refractivity contribution in [3.05, 3.63) is 0 Å². The number of methoxy groups -OCH3 is 1. The van der Waals surface area contributed by atoms with E-state index in [1.165, 1.54) is 34.6 Å². The Morgan fingerprint density at radius 1 is 0.903 bits per heavy atom. The largest absolute Gasteiger partial charge is 0.479 e. The van der Waals surface area contributed by atoms with Crippen LogP contribution in [0.5, 0.6) is 0 Å². The van der Waals surface area contributed by atoms with Gasteiger partial charge in [0.25, 0.3) is 5.79 Å². The summed E-state index contributed by atoms with van der Waals surface area (Å²) in [6.07, 6.45) is 0.207. The van der Waals surface area contributed by atoms with E-state index in [1.807, 2.05) is 0 Å². The lowest BCUT2D eigenvalue weighted by Gasteiger charge is -2.65. The molecular formula is C20H36O11. The van der Waals surface area contributed by atoms with Crippen molar-refractivity contribution in [1.82, 2.24) is 0 Å². The lowest BCUT2D eigenvalue weighted by atomic mass is 9.60. The van der Waals surface area contributed by atoms with Crippen molar-refractivity contribution >= 4 is 11.9 Å². The van der Waals surface area contributed by atoms with Crippen LogP contribution < -0.4 is 0 Å². The highest BCUT2D eigenvalue weighted by Crippen LogP contribution is 2.55. The molecule has 7 atom stereocenters. The van der Waals surface area contributed by atoms with Crippen LogP contribution in [-0.2, 0) is 28.5 Å². The first-order valence-electron chi connectivity index (χ1n) is 9.86. The maximum absolute atomic E-state index is 11.9. The standard InChI is InChI=1S/C20H36O11/c1-10-15(3)17(5,25)18(6,26)19(7,27)20(8,31-15)29-11-14(2,12(21)22)30-16(4,28-9)13(23)24/h25-27H,10-11H2,1-9H3,(H,21,22)(H,23,24)/t14?,15?,16-,17-,18-,19?,20-/m0/s1. The molecule has 0 amide bonds. The molecule has 0 radical (unpaired) electrons. The van der Waals surface area contributed by atoms with Gasteiger partial charge in [0.1, 0.15) is 16.8 Å². The van der Waals surface area contributed by atoms with Crippen LogP contribution in [0.25, 0.3) is 0 Å². The Balaban J connectivity index is 3.41. The van der Waals surface area contributed by atoms with Gasteiger partial charge in [-0.1, -0.05) is 6.92 Å². The summed E-state index contributed by atoms with van der Waals surface area (Å²) in [5.41, 5.74) is -9.99. The van der Waals surface area contributed by atoms with E-state index < -0.39 is 58.1 Å². The van der Waals surface area contributed by atoms with Gasteiger partial charge in [-0.05, 0) is 48.0 Å². The molecule has 0 saturated carbocycles. The Bertz CT molecular complexity index is 718. The first-order valence-corrected chi connectivity index (χ1v) is 9.86. The number of aliphatic carboxylic acids is 2. The molecule has 5 N–H and O–H groups in total. The van der Waals surface area contributed by atoms with E-state index in [2.05, 4.69) is 0 Å². The van der Waals surface area contributed by atoms with E-state index in [9.17, 15) is 35.1 Å². The van der Waals surface area contributed by atoms with Gasteiger partial charge in [-0.25, -0.2) is 9.59 Å². The lowest BCUT2D eigenvalue weighted by molar-refractivity contribution is -0.458. The maximum Gasteiger partial charge on any atom is 0.364 e. The van der Waals surface area contributed by atoms with Gasteiger partial charge < -0.3 is 44.5 Å². The third-order valence-corrected chi connectivity index (χ3v) is 7.18. The molecular weight excluding hydrogens is 416 g/mol. The minimum absolute atomic E-state index is 0.207. The molecule has 1 heterocycles. The highest BCUT2D eigenvalue weighted by atomic mass is 16.8. The fourth-order valence-electron chi connectivity index (χ4n) is 3.66. The van der Waals surface area contributed by atoms with Gasteiger partial charge in [0.2, 0.25) is 0 Å². The summed E-state index contributed by atoms with van der Waals surface area (Å²) in [7, 11) is 1.04. The SMILES string of the molecule is CCC1(C)O[C@](C)(OCC(C)(O[C@](C)(OC)C(=O)O)C(=O)O)C(C)(O)[C@@](C)(O)[C@@]1(C)O. The molecule has 0 spiro atoms. The first kappa shape index (κ1) is 27.7. The minimum atomic E-state index is -2.31. The summed E-state index contributed by atoms with van der Waals surface area (Å²) in [5.74, 6) is -7.46. The molecule has 0 aromatic carbocycles. The van der Waals surface area contributed by atoms with Crippen LogP contribution in [0.3, 0.4) is 0 Å². The van der Waals surface area contributed by atoms with Crippen molar-refractivity contribution in [1.29, 1.82) is 0 Å². The molecule has 31 heavy (non-hydrogen) atoms. The van der Waals surface area contributed by atoms with E-state index in [-0.39, 0.29) is 6.42 Å². The molecule has 182 valence electrons. The fourth-order valence-corrected chi connectivity index (χ4v) is 3.66. The van der Waals surface area contributed by atoms with Crippen molar-refractivity contribution in [2.45, 2.75) is 101 Å². The van der Waals surface area contributed by atoms with E-state index in [1.54, 1.807) is 6.92 Å². The minimum Gasteiger partial charge on any atom is -0.479 e. The van der Waals surface area contributed by atoms with Crippen molar-refractivity contribution in [3.63, 3.8) is 0 Å². The smallest absolute Gasteiger partial charge is 0.364 e. The van der Waals surface area contributed by atoms with Crippen molar-refractivity contribution in [3.8, 4) is 0 Å². The third-order valence-electron chi connectivity index (χ3n) is 7.18. The van der Waals surface area contributed by atoms with Crippen LogP contribution in [0.2, 0.25) is 0 Å². The molecule has 0 bridgehead atoms. The first-order chi connectivity index (χ1) is 13.6. The number of ether oxygens (including phenoxy) is 4. The van der Waals surface area contributed by atoms with Gasteiger partial charge in [0.05, 0.1) is 12.2 Å². The molecule has 1 saturated heterocycles. The molecule has 1 fully saturated rings. The number of hydrogen-bond acceptors (Lipinski definition) is 9. The second-order valence-corrected chi connectivity index (χ2v) is 9.23. The highest BCUT2D eigenvalue weighted by Gasteiger charge is 2.74. The third kappa shape index (κ3) is 3.97. The van der Waals surface area contributed by atoms with Crippen molar-refractivity contribution < 1.29 is 54.1 Å². The molecule has 0 aliphatic carbocycles. The van der Waals surface area contributed by atoms with E-state index in [4.69, 9.17) is 18.9 Å². The number of hydrogen-bond donors (Lipinski definition) is 5. The number of carboxylic acids is 2. The lowest BCUT2D eigenvalue weighted by Crippen LogP contribution is -2.84. The highest BCUT2D eigenvalue weighted by molar-refractivity contribution is 5.79. The molecule has 11 nitrogen and oxygen atoms in total. The topological polar surface area (TPSA) is 172 Å². The van der Waals surface area contributed by atoms with Crippen LogP contribution in [0.15, 0.2) is 0 Å². The Kier molecular flexibility index (Phi) is 7.06. The molecule has 0 aromatic heterocycles. The predicted molar refractivity (Wildman–Crippen MR) is 106 cm³/mol. The van der Waals surface area contributed by atoms with Crippen LogP contribution >= 0.6 is 0 Å². The van der Waals surface area contributed by atoms with Gasteiger partial charge in [-0.15, -0.1) is 0 Å². The van der Waals surface area contributed by atoms with Crippen LogP contribution in [-0.4, -0.2) is 90.8 Å². The second kappa shape index (κ2) is 7.91. The van der Waals surface area contributed by atoms with Gasteiger partial charge in [-0.2, -0.15) is 0 Å². The van der Waals surface area contributed by atoms with Crippen LogP contribution in [0.4, 0.5) is 0 Å². The predicted octanol–water partition coefficient (Wildman–Crippen LogP) is 0.478. The number of rotatable bonds is 9. The summed E-state index contributed by atoms with van der Waals surface area (Å²) in [4.78, 5) is 23.4. The summed E-state index contributed by atoms with van der Waals surface area (Å²) < 4.78 is 21.8. The maximum atomic E-state index is 11.9. The molecule has 1 aliphatic heterocycles. The quantitative estimate of drug-likeness (QED) is 0.308. The van der Waals surface area contributed by atoms with Gasteiger partial charge in [0.15, 0.2) is 11.4 Å². The molecule has 11 heteroatoms. The zero-order valence-corrected chi connectivity index (χ0v) is 19.6. The van der Waals surface area contributed by atoms with Crippen molar-refractivity contribution in [2.24, 2.45) is 0 Å². The molecule has 0 aromatic rings.